The molecule has 0 amide bonds. The molecule has 0 bridgehead atoms. The van der Waals surface area contributed by atoms with E-state index < -0.39 is 0 Å². The van der Waals surface area contributed by atoms with E-state index in [4.69, 9.17) is 0 Å². The Bertz CT molecular complexity index is 6.00. The normalized spacial score (nSPS) is 0. The molecule has 0 aliphatic rings. The molecule has 0 N–H and O–H groups in total. The summed E-state index contributed by atoms with van der Waals surface area (Å²) < 4.78 is 0. The predicted molar refractivity (Wildman–Crippen MR) is 1.37 cm³/mol. The van der Waals surface area contributed by atoms with Crippen LogP contribution in [0.3, 0.4) is 0 Å². The summed E-state index contributed by atoms with van der Waals surface area (Å²) in [6, 6.07) is 0. The van der Waals surface area contributed by atoms with Crippen molar-refractivity contribution in [2.75, 3.05) is 0 Å². The van der Waals surface area contributed by atoms with E-state index in [9.17, 15) is 0 Å². The van der Waals surface area contributed by atoms with Crippen LogP contribution in [0.5, 0.6) is 0 Å². The molecule has 0 aromatic heterocycles. The molecule has 4 heteroatoms. The predicted octanol–water partition coefficient (Wildman–Crippen LogP) is -3.24. The molecule has 0 aliphatic carbocycles. The smallest absolute Gasteiger partial charge is 2.00 e. The molecule has 2 nitrogen and oxygen atoms in total. The van der Waals surface area contributed by atoms with Gasteiger partial charge >= 0.3 is 35.9 Å². The first-order valence-electron chi connectivity index (χ1n) is 0. The van der Waals surface area contributed by atoms with Gasteiger partial charge in [0.25, 0.3) is 0 Å². The molecule has 0 saturated heterocycles. The first kappa shape index (κ1) is 76.3. The van der Waals surface area contributed by atoms with Gasteiger partial charge in [0.1, 0.15) is 0 Å². The fourth-order valence-corrected chi connectivity index (χ4v) is 0. The maximum Gasteiger partial charge on any atom is 3.00 e. The minimum atomic E-state index is 0. The van der Waals surface area contributed by atoms with Gasteiger partial charge < -0.3 is 11.0 Å². The largest absolute Gasteiger partial charge is 3.00 e. The quantitative estimate of drug-likeness (QED) is 0.283. The van der Waals surface area contributed by atoms with Gasteiger partial charge in [-0.25, -0.2) is 0 Å². The van der Waals surface area contributed by atoms with Crippen molar-refractivity contribution in [2.45, 2.75) is 0 Å². The summed E-state index contributed by atoms with van der Waals surface area (Å²) in [5.41, 5.74) is 0. The van der Waals surface area contributed by atoms with E-state index in [2.05, 4.69) is 0 Å². The molecule has 0 aliphatic heterocycles. The van der Waals surface area contributed by atoms with Crippen LogP contribution >= 0.6 is 0 Å². The van der Waals surface area contributed by atoms with Gasteiger partial charge in [-0.3, -0.25) is 0 Å². The zero-order valence-electron chi connectivity index (χ0n) is 2.19. The van der Waals surface area contributed by atoms with E-state index in [1.54, 1.807) is 0 Å². The average Bonchev–Trinajstić information content (AvgIpc) is 0. The van der Waals surface area contributed by atoms with Crippen LogP contribution in [0.25, 0.3) is 0 Å². The van der Waals surface area contributed by atoms with Crippen LogP contribution in [-0.2, 0) is 28.0 Å². The van der Waals surface area contributed by atoms with Gasteiger partial charge in [0, 0.05) is 0 Å². The topological polar surface area (TPSA) is 57.0 Å². The van der Waals surface area contributed by atoms with Crippen LogP contribution in [0.15, 0.2) is 0 Å². The van der Waals surface area contributed by atoms with Gasteiger partial charge in [0.2, 0.25) is 0 Å². The molecule has 20 valence electrons. The molecular weight excluding hydrogens is 93.9 g/mol. The number of hydrogen-bond donors (Lipinski definition) is 0. The van der Waals surface area contributed by atoms with Gasteiger partial charge in [-0.2, -0.15) is 0 Å². The van der Waals surface area contributed by atoms with Crippen molar-refractivity contribution < 1.29 is 46.9 Å². The van der Waals surface area contributed by atoms with Gasteiger partial charge in [0.15, 0.2) is 0 Å². The maximum atomic E-state index is 0. The third kappa shape index (κ3) is 11.7. The standard InChI is InChI=1S/Li.Mn.2O/q+1;+3;2*-2. The molecule has 0 aromatic rings. The second-order valence-corrected chi connectivity index (χ2v) is 0. The van der Waals surface area contributed by atoms with E-state index in [-0.39, 0.29) is 46.9 Å². The van der Waals surface area contributed by atoms with Gasteiger partial charge in [-0.15, -0.1) is 0 Å². The maximum absolute atomic E-state index is 0. The van der Waals surface area contributed by atoms with E-state index in [0.717, 1.165) is 0 Å². The van der Waals surface area contributed by atoms with Crippen molar-refractivity contribution in [3.8, 4) is 0 Å². The van der Waals surface area contributed by atoms with Crippen LogP contribution in [0, 0.1) is 0 Å². The van der Waals surface area contributed by atoms with Crippen LogP contribution in [-0.4, -0.2) is 0 Å². The Balaban J connectivity index is 0. The van der Waals surface area contributed by atoms with Gasteiger partial charge in [-0.05, 0) is 0 Å². The summed E-state index contributed by atoms with van der Waals surface area (Å²) in [5, 5.41) is 0. The molecule has 0 heterocycles. The van der Waals surface area contributed by atoms with Gasteiger partial charge in [-0.1, -0.05) is 0 Å². The molecule has 0 rings (SSSR count). The van der Waals surface area contributed by atoms with E-state index in [0.29, 0.717) is 0 Å². The van der Waals surface area contributed by atoms with Crippen molar-refractivity contribution in [1.82, 2.24) is 0 Å². The Morgan fingerprint density at radius 3 is 0.750 bits per heavy atom. The second kappa shape index (κ2) is 34.6. The Kier molecular flexibility index (Phi) is 661. The third-order valence-electron chi connectivity index (χ3n) is 0. The second-order valence-electron chi connectivity index (χ2n) is 0. The monoisotopic (exact) mass is 93.9 g/mol. The Morgan fingerprint density at radius 2 is 0.750 bits per heavy atom. The van der Waals surface area contributed by atoms with E-state index in [1.165, 1.54) is 0 Å². The van der Waals surface area contributed by atoms with Crippen molar-refractivity contribution in [3.05, 3.63) is 0 Å². The first-order chi connectivity index (χ1) is 0. The van der Waals surface area contributed by atoms with E-state index >= 15 is 0 Å². The molecule has 0 aromatic carbocycles. The van der Waals surface area contributed by atoms with E-state index in [1.807, 2.05) is 0 Å². The Labute approximate surface area is 47.2 Å². The van der Waals surface area contributed by atoms with Crippen molar-refractivity contribution in [3.63, 3.8) is 0 Å². The molecule has 4 heavy (non-hydrogen) atoms. The number of hydrogen-bond acceptors (Lipinski definition) is 0. The summed E-state index contributed by atoms with van der Waals surface area (Å²) in [6.07, 6.45) is 0. The van der Waals surface area contributed by atoms with Gasteiger partial charge in [0.05, 0.1) is 0 Å². The minimum Gasteiger partial charge on any atom is -2.00 e. The molecular formula is LiMnO2. The third-order valence-corrected chi connectivity index (χ3v) is 0. The first-order valence-corrected chi connectivity index (χ1v) is 0. The fourth-order valence-electron chi connectivity index (χ4n) is 0. The molecule has 0 radical (unpaired) electrons. The van der Waals surface area contributed by atoms with Crippen LogP contribution < -0.4 is 18.9 Å². The van der Waals surface area contributed by atoms with Crippen molar-refractivity contribution in [2.24, 2.45) is 0 Å². The van der Waals surface area contributed by atoms with Crippen molar-refractivity contribution in [1.29, 1.82) is 0 Å². The summed E-state index contributed by atoms with van der Waals surface area (Å²) in [5.74, 6) is 0. The summed E-state index contributed by atoms with van der Waals surface area (Å²) in [7, 11) is 0. The summed E-state index contributed by atoms with van der Waals surface area (Å²) in [4.78, 5) is 0. The Morgan fingerprint density at radius 1 is 0.750 bits per heavy atom. The molecule has 0 spiro atoms. The fraction of sp³-hybridized carbons (Fsp3) is 0. The molecule has 0 saturated carbocycles. The van der Waals surface area contributed by atoms with Crippen molar-refractivity contribution >= 4 is 0 Å². The van der Waals surface area contributed by atoms with Crippen LogP contribution in [0.2, 0.25) is 0 Å². The minimum absolute atomic E-state index is 0. The molecule has 0 atom stereocenters. The zero-order valence-corrected chi connectivity index (χ0v) is 3.37. The zero-order chi connectivity index (χ0) is 0. The average molecular weight is 93.9 g/mol. The van der Waals surface area contributed by atoms with Crippen LogP contribution in [0.1, 0.15) is 0 Å². The summed E-state index contributed by atoms with van der Waals surface area (Å²) in [6.45, 7) is 0. The molecule has 0 fully saturated rings. The number of rotatable bonds is 0. The van der Waals surface area contributed by atoms with Crippen LogP contribution in [0.4, 0.5) is 0 Å². The Hall–Kier alpha value is 1.04. The summed E-state index contributed by atoms with van der Waals surface area (Å²) >= 11 is 0. The SMILES string of the molecule is [Li+].[Mn+3].[O-2].[O-2]. The molecule has 0 unspecified atom stereocenters.